The number of benzene rings is 1. The Bertz CT molecular complexity index is 470. The molecule has 19 heavy (non-hydrogen) atoms. The third-order valence-corrected chi connectivity index (χ3v) is 2.06. The smallest absolute Gasteiger partial charge is 0.337 e. The molecule has 0 saturated heterocycles. The molecule has 102 valence electrons. The zero-order valence-electron chi connectivity index (χ0n) is 11.0. The van der Waals surface area contributed by atoms with Crippen molar-refractivity contribution in [1.82, 2.24) is 5.01 Å². The highest BCUT2D eigenvalue weighted by Gasteiger charge is 2.04. The lowest BCUT2D eigenvalue weighted by Crippen LogP contribution is -2.16. The Kier molecular flexibility index (Phi) is 5.46. The quantitative estimate of drug-likeness (QED) is 0.351. The number of carbonyl (C=O) groups excluding carboxylic acids is 2. The Morgan fingerprint density at radius 2 is 1.89 bits per heavy atom. The summed E-state index contributed by atoms with van der Waals surface area (Å²) in [5.74, 6) is -0.792. The van der Waals surface area contributed by atoms with Crippen LogP contribution in [-0.4, -0.2) is 37.8 Å². The molecule has 0 aromatic heterocycles. The Morgan fingerprint density at radius 1 is 1.26 bits per heavy atom. The predicted molar refractivity (Wildman–Crippen MR) is 66.7 cm³/mol. The Balaban J connectivity index is 2.57. The number of hydrogen-bond acceptors (Lipinski definition) is 6. The van der Waals surface area contributed by atoms with Gasteiger partial charge in [-0.2, -0.15) is 0 Å². The average molecular weight is 265 g/mol. The van der Waals surface area contributed by atoms with Crippen LogP contribution < -0.4 is 0 Å². The maximum atomic E-state index is 11.2. The summed E-state index contributed by atoms with van der Waals surface area (Å²) in [7, 11) is 2.94. The molecule has 1 aromatic carbocycles. The SMILES string of the molecule is COC(=O)c1ccc(N=NN(C)COC(C)=O)cc1. The van der Waals surface area contributed by atoms with E-state index in [9.17, 15) is 9.59 Å². The molecule has 0 atom stereocenters. The second kappa shape index (κ2) is 7.10. The van der Waals surface area contributed by atoms with Crippen molar-refractivity contribution < 1.29 is 19.1 Å². The van der Waals surface area contributed by atoms with Crippen molar-refractivity contribution in [3.8, 4) is 0 Å². The lowest BCUT2D eigenvalue weighted by Gasteiger charge is -2.09. The first-order valence-corrected chi connectivity index (χ1v) is 5.47. The predicted octanol–water partition coefficient (Wildman–Crippen LogP) is 1.92. The zero-order chi connectivity index (χ0) is 14.3. The molecule has 0 unspecified atom stereocenters. The summed E-state index contributed by atoms with van der Waals surface area (Å²) in [5, 5.41) is 9.11. The summed E-state index contributed by atoms with van der Waals surface area (Å²) in [4.78, 5) is 21.8. The van der Waals surface area contributed by atoms with Crippen molar-refractivity contribution in [2.24, 2.45) is 10.3 Å². The number of hydrogen-bond donors (Lipinski definition) is 0. The van der Waals surface area contributed by atoms with Crippen molar-refractivity contribution in [1.29, 1.82) is 0 Å². The Morgan fingerprint density at radius 3 is 2.42 bits per heavy atom. The van der Waals surface area contributed by atoms with E-state index in [0.717, 1.165) is 0 Å². The van der Waals surface area contributed by atoms with Crippen LogP contribution in [0.4, 0.5) is 5.69 Å². The normalized spacial score (nSPS) is 10.3. The van der Waals surface area contributed by atoms with E-state index in [0.29, 0.717) is 11.3 Å². The van der Waals surface area contributed by atoms with Gasteiger partial charge in [0.1, 0.15) is 0 Å². The van der Waals surface area contributed by atoms with Crippen molar-refractivity contribution in [3.63, 3.8) is 0 Å². The van der Waals surface area contributed by atoms with Gasteiger partial charge in [0.2, 0.25) is 0 Å². The molecule has 0 N–H and O–H groups in total. The summed E-state index contributed by atoms with van der Waals surface area (Å²) >= 11 is 0. The number of carbonyl (C=O) groups is 2. The Labute approximate surface area is 110 Å². The first-order chi connectivity index (χ1) is 9.02. The van der Waals surface area contributed by atoms with E-state index in [2.05, 4.69) is 15.1 Å². The molecular weight excluding hydrogens is 250 g/mol. The summed E-state index contributed by atoms with van der Waals surface area (Å²) in [6.45, 7) is 1.34. The first kappa shape index (κ1) is 14.6. The van der Waals surface area contributed by atoms with Crippen LogP contribution in [0.3, 0.4) is 0 Å². The summed E-state index contributed by atoms with van der Waals surface area (Å²) in [6, 6.07) is 6.45. The summed E-state index contributed by atoms with van der Waals surface area (Å²) in [6.07, 6.45) is 0. The van der Waals surface area contributed by atoms with Gasteiger partial charge in [-0.15, -0.1) is 5.11 Å². The molecule has 0 fully saturated rings. The summed E-state index contributed by atoms with van der Waals surface area (Å²) < 4.78 is 9.31. The van der Waals surface area contributed by atoms with Crippen LogP contribution in [0.5, 0.6) is 0 Å². The van der Waals surface area contributed by atoms with Crippen LogP contribution in [0, 0.1) is 0 Å². The molecule has 0 aliphatic heterocycles. The van der Waals surface area contributed by atoms with Crippen LogP contribution in [-0.2, 0) is 14.3 Å². The zero-order valence-corrected chi connectivity index (χ0v) is 11.0. The first-order valence-electron chi connectivity index (χ1n) is 5.47. The van der Waals surface area contributed by atoms with E-state index >= 15 is 0 Å². The van der Waals surface area contributed by atoms with Gasteiger partial charge in [-0.3, -0.25) is 4.79 Å². The second-order valence-corrected chi connectivity index (χ2v) is 3.65. The maximum absolute atomic E-state index is 11.2. The number of ether oxygens (including phenoxy) is 2. The van der Waals surface area contributed by atoms with Gasteiger partial charge in [-0.1, -0.05) is 5.22 Å². The van der Waals surface area contributed by atoms with Gasteiger partial charge in [-0.25, -0.2) is 9.80 Å². The largest absolute Gasteiger partial charge is 0.465 e. The highest BCUT2D eigenvalue weighted by molar-refractivity contribution is 5.89. The molecule has 1 aromatic rings. The molecule has 0 saturated carbocycles. The minimum absolute atomic E-state index is 0.0269. The van der Waals surface area contributed by atoms with E-state index in [1.165, 1.54) is 19.0 Å². The van der Waals surface area contributed by atoms with Crippen LogP contribution in [0.25, 0.3) is 0 Å². The number of nitrogens with zero attached hydrogens (tertiary/aromatic N) is 3. The molecule has 7 heteroatoms. The van der Waals surface area contributed by atoms with E-state index in [4.69, 9.17) is 4.74 Å². The fraction of sp³-hybridized carbons (Fsp3) is 0.333. The maximum Gasteiger partial charge on any atom is 0.337 e. The standard InChI is InChI=1S/C12H15N3O4/c1-9(16)19-8-15(2)14-13-11-6-4-10(5-7-11)12(17)18-3/h4-7H,8H2,1-3H3. The molecule has 0 bridgehead atoms. The molecule has 0 heterocycles. The van der Waals surface area contributed by atoms with Crippen LogP contribution in [0.2, 0.25) is 0 Å². The van der Waals surface area contributed by atoms with Gasteiger partial charge in [0, 0.05) is 14.0 Å². The van der Waals surface area contributed by atoms with Crippen molar-refractivity contribution in [3.05, 3.63) is 29.8 Å². The van der Waals surface area contributed by atoms with E-state index in [-0.39, 0.29) is 12.7 Å². The van der Waals surface area contributed by atoms with Crippen LogP contribution >= 0.6 is 0 Å². The van der Waals surface area contributed by atoms with Crippen molar-refractivity contribution >= 4 is 17.6 Å². The Hall–Kier alpha value is -2.44. The molecular formula is C12H15N3O4. The van der Waals surface area contributed by atoms with Crippen molar-refractivity contribution in [2.75, 3.05) is 20.9 Å². The molecule has 7 nitrogen and oxygen atoms in total. The van der Waals surface area contributed by atoms with Gasteiger partial charge in [0.15, 0.2) is 6.73 Å². The van der Waals surface area contributed by atoms with E-state index in [1.54, 1.807) is 31.3 Å². The van der Waals surface area contributed by atoms with Crippen LogP contribution in [0.15, 0.2) is 34.6 Å². The average Bonchev–Trinajstić information content (AvgIpc) is 2.42. The molecule has 0 aliphatic rings. The lowest BCUT2D eigenvalue weighted by molar-refractivity contribution is -0.145. The number of methoxy groups -OCH3 is 1. The minimum atomic E-state index is -0.407. The van der Waals surface area contributed by atoms with Gasteiger partial charge in [0.05, 0.1) is 18.4 Å². The topological polar surface area (TPSA) is 80.6 Å². The molecule has 0 radical (unpaired) electrons. The number of esters is 2. The lowest BCUT2D eigenvalue weighted by atomic mass is 10.2. The number of rotatable bonds is 5. The third-order valence-electron chi connectivity index (χ3n) is 2.06. The van der Waals surface area contributed by atoms with Crippen molar-refractivity contribution in [2.45, 2.75) is 6.92 Å². The highest BCUT2D eigenvalue weighted by atomic mass is 16.5. The molecule has 0 amide bonds. The minimum Gasteiger partial charge on any atom is -0.465 e. The molecule has 0 aliphatic carbocycles. The summed E-state index contributed by atoms with van der Waals surface area (Å²) in [5.41, 5.74) is 1.01. The van der Waals surface area contributed by atoms with Gasteiger partial charge in [-0.05, 0) is 24.3 Å². The second-order valence-electron chi connectivity index (χ2n) is 3.65. The van der Waals surface area contributed by atoms with E-state index < -0.39 is 5.97 Å². The van der Waals surface area contributed by atoms with Crippen LogP contribution in [0.1, 0.15) is 17.3 Å². The van der Waals surface area contributed by atoms with Gasteiger partial charge < -0.3 is 9.47 Å². The van der Waals surface area contributed by atoms with Gasteiger partial charge in [0.25, 0.3) is 0 Å². The third kappa shape index (κ3) is 5.15. The molecule has 0 spiro atoms. The van der Waals surface area contributed by atoms with E-state index in [1.807, 2.05) is 0 Å². The monoisotopic (exact) mass is 265 g/mol. The highest BCUT2D eigenvalue weighted by Crippen LogP contribution is 2.14. The molecule has 1 rings (SSSR count). The van der Waals surface area contributed by atoms with Gasteiger partial charge >= 0.3 is 11.9 Å². The fourth-order valence-corrected chi connectivity index (χ4v) is 1.12. The fourth-order valence-electron chi connectivity index (χ4n) is 1.12.